The number of alkyl carbamates (subject to hydrolysis) is 1. The van der Waals surface area contributed by atoms with Crippen LogP contribution in [0.5, 0.6) is 11.8 Å². The Morgan fingerprint density at radius 1 is 0.975 bits per heavy atom. The zero-order valence-corrected chi connectivity index (χ0v) is 22.7. The van der Waals surface area contributed by atoms with Crippen LogP contribution in [0, 0.1) is 0 Å². The smallest absolute Gasteiger partial charge is 0.408 e. The number of benzene rings is 3. The zero-order valence-electron chi connectivity index (χ0n) is 22.7. The number of hydrogen-bond acceptors (Lipinski definition) is 9. The van der Waals surface area contributed by atoms with Crippen molar-refractivity contribution >= 4 is 34.7 Å². The number of amides is 1. The van der Waals surface area contributed by atoms with E-state index >= 15 is 0 Å². The van der Waals surface area contributed by atoms with Gasteiger partial charge in [0.15, 0.2) is 0 Å². The van der Waals surface area contributed by atoms with Crippen molar-refractivity contribution in [1.82, 2.24) is 20.3 Å². The first-order chi connectivity index (χ1) is 18.9. The van der Waals surface area contributed by atoms with E-state index in [4.69, 9.17) is 15.2 Å². The summed E-state index contributed by atoms with van der Waals surface area (Å²) in [6, 6.07) is 19.7. The summed E-state index contributed by atoms with van der Waals surface area (Å²) in [6.45, 7) is 7.09. The molecular weight excluding hydrogens is 512 g/mol. The van der Waals surface area contributed by atoms with E-state index < -0.39 is 23.7 Å². The fourth-order valence-electron chi connectivity index (χ4n) is 3.92. The van der Waals surface area contributed by atoms with Crippen LogP contribution in [-0.2, 0) is 16.0 Å². The lowest BCUT2D eigenvalue weighted by atomic mass is 10.0. The molecule has 0 aliphatic heterocycles. The van der Waals surface area contributed by atoms with Crippen molar-refractivity contribution in [3.8, 4) is 11.8 Å². The number of fused-ring (bicyclic) bond motifs is 1. The first-order valence-corrected chi connectivity index (χ1v) is 12.7. The first kappa shape index (κ1) is 28.1. The van der Waals surface area contributed by atoms with Crippen molar-refractivity contribution in [2.45, 2.75) is 51.8 Å². The summed E-state index contributed by atoms with van der Waals surface area (Å²) in [5.74, 6) is -0.510. The molecule has 1 heterocycles. The number of hydrogen-bond donors (Lipinski definition) is 4. The fourth-order valence-corrected chi connectivity index (χ4v) is 3.92. The molecule has 0 saturated carbocycles. The molecule has 0 spiro atoms. The number of aliphatic carboxylic acids is 1. The van der Waals surface area contributed by atoms with Crippen LogP contribution in [0.4, 0.5) is 16.7 Å². The van der Waals surface area contributed by atoms with Crippen molar-refractivity contribution in [3.05, 3.63) is 77.9 Å². The third kappa shape index (κ3) is 7.79. The van der Waals surface area contributed by atoms with Gasteiger partial charge < -0.3 is 30.9 Å². The highest BCUT2D eigenvalue weighted by atomic mass is 16.6. The van der Waals surface area contributed by atoms with Gasteiger partial charge in [0.2, 0.25) is 11.9 Å². The Balaban J connectivity index is 1.40. The van der Waals surface area contributed by atoms with E-state index in [9.17, 15) is 14.7 Å². The summed E-state index contributed by atoms with van der Waals surface area (Å²) in [7, 11) is 0. The molecular formula is C29H32N6O5. The van der Waals surface area contributed by atoms with E-state index in [1.807, 2.05) is 25.1 Å². The van der Waals surface area contributed by atoms with Crippen LogP contribution < -0.4 is 21.1 Å². The summed E-state index contributed by atoms with van der Waals surface area (Å²) in [4.78, 5) is 36.3. The van der Waals surface area contributed by atoms with Gasteiger partial charge >= 0.3 is 18.1 Å². The predicted molar refractivity (Wildman–Crippen MR) is 151 cm³/mol. The van der Waals surface area contributed by atoms with Gasteiger partial charge in [-0.15, -0.1) is 0 Å². The highest BCUT2D eigenvalue weighted by Crippen LogP contribution is 2.25. The molecule has 208 valence electrons. The fraction of sp³-hybridized carbons (Fsp3) is 0.276. The monoisotopic (exact) mass is 544 g/mol. The minimum atomic E-state index is -1.18. The molecule has 0 radical (unpaired) electrons. The summed E-state index contributed by atoms with van der Waals surface area (Å²) in [6.07, 6.45) is -0.750. The quantitative estimate of drug-likeness (QED) is 0.223. The molecule has 1 amide bonds. The van der Waals surface area contributed by atoms with E-state index in [1.54, 1.807) is 45.0 Å². The summed E-state index contributed by atoms with van der Waals surface area (Å²) in [5.41, 5.74) is 6.88. The summed E-state index contributed by atoms with van der Waals surface area (Å²) in [5, 5.41) is 17.4. The number of nitrogens with one attached hydrogen (secondary N) is 2. The maximum absolute atomic E-state index is 12.0. The molecule has 0 saturated heterocycles. The Kier molecular flexibility index (Phi) is 8.32. The van der Waals surface area contributed by atoms with Crippen LogP contribution in [0.15, 0.2) is 66.7 Å². The number of carboxylic acids is 1. The molecule has 3 aromatic carbocycles. The lowest BCUT2D eigenvalue weighted by molar-refractivity contribution is -0.139. The maximum atomic E-state index is 12.0. The molecule has 1 aromatic heterocycles. The highest BCUT2D eigenvalue weighted by molar-refractivity contribution is 5.83. The van der Waals surface area contributed by atoms with Crippen LogP contribution in [0.3, 0.4) is 0 Å². The van der Waals surface area contributed by atoms with Crippen molar-refractivity contribution in [2.24, 2.45) is 0 Å². The predicted octanol–water partition coefficient (Wildman–Crippen LogP) is 5.09. The topological polar surface area (TPSA) is 162 Å². The first-order valence-electron chi connectivity index (χ1n) is 12.7. The molecule has 0 aliphatic carbocycles. The summed E-state index contributed by atoms with van der Waals surface area (Å²) < 4.78 is 10.9. The number of nitrogens with zero attached hydrogens (tertiary/aromatic N) is 3. The van der Waals surface area contributed by atoms with Crippen LogP contribution in [-0.4, -0.2) is 43.8 Å². The Morgan fingerprint density at radius 2 is 1.68 bits per heavy atom. The van der Waals surface area contributed by atoms with Gasteiger partial charge in [0.25, 0.3) is 0 Å². The number of carbonyl (C=O) groups is 2. The molecule has 5 N–H and O–H groups in total. The molecule has 11 nitrogen and oxygen atoms in total. The van der Waals surface area contributed by atoms with Gasteiger partial charge in [-0.25, -0.2) is 9.59 Å². The van der Waals surface area contributed by atoms with Gasteiger partial charge in [0.05, 0.1) is 6.04 Å². The number of rotatable bonds is 9. The molecule has 0 fully saturated rings. The van der Waals surface area contributed by atoms with Gasteiger partial charge in [-0.1, -0.05) is 48.5 Å². The number of anilines is 2. The average molecular weight is 545 g/mol. The minimum Gasteiger partial charge on any atom is -0.480 e. The molecule has 2 atom stereocenters. The molecule has 2 unspecified atom stereocenters. The molecule has 0 bridgehead atoms. The summed E-state index contributed by atoms with van der Waals surface area (Å²) >= 11 is 0. The second-order valence-electron chi connectivity index (χ2n) is 10.3. The third-order valence-corrected chi connectivity index (χ3v) is 5.81. The Hall–Kier alpha value is -4.93. The number of carboxylic acid groups (broad SMARTS) is 1. The van der Waals surface area contributed by atoms with Gasteiger partial charge in [0.1, 0.15) is 17.4 Å². The number of aromatic nitrogens is 3. The van der Waals surface area contributed by atoms with Gasteiger partial charge in [0, 0.05) is 6.42 Å². The molecule has 4 rings (SSSR count). The normalized spacial score (nSPS) is 12.8. The highest BCUT2D eigenvalue weighted by Gasteiger charge is 2.24. The molecule has 40 heavy (non-hydrogen) atoms. The van der Waals surface area contributed by atoms with E-state index in [0.717, 1.165) is 16.3 Å². The zero-order chi connectivity index (χ0) is 28.9. The van der Waals surface area contributed by atoms with Gasteiger partial charge in [-0.2, -0.15) is 15.0 Å². The van der Waals surface area contributed by atoms with Crippen LogP contribution in [0.2, 0.25) is 0 Å². The minimum absolute atomic E-state index is 0.00321. The molecule has 11 heteroatoms. The van der Waals surface area contributed by atoms with Crippen molar-refractivity contribution < 1.29 is 24.2 Å². The number of nitrogen functional groups attached to an aromatic ring is 1. The Morgan fingerprint density at radius 3 is 2.35 bits per heavy atom. The van der Waals surface area contributed by atoms with Crippen molar-refractivity contribution in [1.29, 1.82) is 0 Å². The van der Waals surface area contributed by atoms with Crippen LogP contribution in [0.25, 0.3) is 10.8 Å². The van der Waals surface area contributed by atoms with E-state index in [1.165, 1.54) is 0 Å². The van der Waals surface area contributed by atoms with Crippen molar-refractivity contribution in [3.63, 3.8) is 0 Å². The second kappa shape index (κ2) is 11.9. The number of ether oxygens (including phenoxy) is 2. The Labute approximate surface area is 231 Å². The number of carbonyl (C=O) groups excluding carboxylic acids is 1. The average Bonchev–Trinajstić information content (AvgIpc) is 2.87. The third-order valence-electron chi connectivity index (χ3n) is 5.81. The van der Waals surface area contributed by atoms with E-state index in [-0.39, 0.29) is 30.4 Å². The van der Waals surface area contributed by atoms with Gasteiger partial charge in [-0.05, 0) is 67.8 Å². The van der Waals surface area contributed by atoms with Crippen LogP contribution >= 0.6 is 0 Å². The second-order valence-corrected chi connectivity index (χ2v) is 10.3. The lowest BCUT2D eigenvalue weighted by Crippen LogP contribution is -2.44. The SMILES string of the molecule is CC(Nc1nc(N)nc(Oc2ccc(CC(NC(=O)OC(C)(C)C)C(=O)O)cc2)n1)c1ccc2ccccc2c1. The van der Waals surface area contributed by atoms with E-state index in [0.29, 0.717) is 11.3 Å². The standard InChI is InChI=1S/C29H32N6O5/c1-17(20-12-11-19-7-5-6-8-21(19)16-20)31-26-33-25(30)34-27(35-26)39-22-13-9-18(10-14-22)15-23(24(36)37)32-28(38)40-29(2,3)4/h5-14,16-17,23H,15H2,1-4H3,(H,32,38)(H,36,37)(H3,30,31,33,34,35). The van der Waals surface area contributed by atoms with Gasteiger partial charge in [-0.3, -0.25) is 0 Å². The van der Waals surface area contributed by atoms with Crippen LogP contribution in [0.1, 0.15) is 44.9 Å². The lowest BCUT2D eigenvalue weighted by Gasteiger charge is -2.22. The largest absolute Gasteiger partial charge is 0.480 e. The van der Waals surface area contributed by atoms with E-state index in [2.05, 4.69) is 49.9 Å². The van der Waals surface area contributed by atoms with Crippen molar-refractivity contribution in [2.75, 3.05) is 11.1 Å². The Bertz CT molecular complexity index is 1500. The molecule has 0 aliphatic rings. The number of nitrogens with two attached hydrogens (primary N) is 1. The maximum Gasteiger partial charge on any atom is 0.408 e. The molecule has 4 aromatic rings.